The number of benzene rings is 1. The molecule has 1 aromatic carbocycles. The van der Waals surface area contributed by atoms with Gasteiger partial charge in [0, 0.05) is 0 Å². The number of phenols is 1. The Labute approximate surface area is 97.4 Å². The van der Waals surface area contributed by atoms with E-state index in [-0.39, 0.29) is 5.75 Å². The molecule has 6 nitrogen and oxygen atoms in total. The summed E-state index contributed by atoms with van der Waals surface area (Å²) >= 11 is 0. The van der Waals surface area contributed by atoms with Gasteiger partial charge >= 0.3 is 5.69 Å². The van der Waals surface area contributed by atoms with Crippen molar-refractivity contribution < 1.29 is 5.11 Å². The number of H-pyrrole nitrogens is 1. The summed E-state index contributed by atoms with van der Waals surface area (Å²) in [5.74, 6) is 0.430. The van der Waals surface area contributed by atoms with Crippen LogP contribution in [-0.2, 0) is 0 Å². The molecule has 0 radical (unpaired) electrons. The Morgan fingerprint density at radius 3 is 2.82 bits per heavy atom. The van der Waals surface area contributed by atoms with Crippen molar-refractivity contribution in [3.63, 3.8) is 0 Å². The van der Waals surface area contributed by atoms with Crippen LogP contribution in [0.5, 0.6) is 5.75 Å². The zero-order valence-electron chi connectivity index (χ0n) is 9.48. The Bertz CT molecular complexity index is 607. The first-order chi connectivity index (χ1) is 8.06. The van der Waals surface area contributed by atoms with Crippen LogP contribution in [-0.4, -0.2) is 20.3 Å². The van der Waals surface area contributed by atoms with Crippen molar-refractivity contribution in [1.82, 2.24) is 15.2 Å². The van der Waals surface area contributed by atoms with E-state index in [1.807, 2.05) is 13.0 Å². The van der Waals surface area contributed by atoms with E-state index >= 15 is 0 Å². The second-order valence-electron chi connectivity index (χ2n) is 3.72. The molecule has 17 heavy (non-hydrogen) atoms. The number of aromatic nitrogens is 3. The molecule has 0 saturated carbocycles. The Morgan fingerprint density at radius 1 is 1.35 bits per heavy atom. The molecular formula is C11H12N4O2. The molecule has 0 fully saturated rings. The third kappa shape index (κ3) is 2.41. The topological polar surface area (TPSA) is 90.9 Å². The molecule has 88 valence electrons. The molecular weight excluding hydrogens is 220 g/mol. The fourth-order valence-corrected chi connectivity index (χ4v) is 1.39. The second-order valence-corrected chi connectivity index (χ2v) is 3.72. The molecule has 1 aromatic heterocycles. The highest BCUT2D eigenvalue weighted by Crippen LogP contribution is 2.26. The maximum Gasteiger partial charge on any atom is 0.363 e. The molecule has 0 aliphatic rings. The Morgan fingerprint density at radius 2 is 2.12 bits per heavy atom. The van der Waals surface area contributed by atoms with E-state index in [0.717, 1.165) is 5.56 Å². The summed E-state index contributed by atoms with van der Waals surface area (Å²) in [6.07, 6.45) is 0. The number of rotatable bonds is 2. The molecule has 0 atom stereocenters. The van der Waals surface area contributed by atoms with Gasteiger partial charge in [-0.2, -0.15) is 10.1 Å². The Kier molecular flexibility index (Phi) is 2.78. The van der Waals surface area contributed by atoms with Crippen LogP contribution in [0.1, 0.15) is 11.3 Å². The van der Waals surface area contributed by atoms with Crippen molar-refractivity contribution in [1.29, 1.82) is 0 Å². The lowest BCUT2D eigenvalue weighted by molar-refractivity contribution is 0.477. The normalized spacial score (nSPS) is 10.2. The first-order valence-electron chi connectivity index (χ1n) is 5.06. The van der Waals surface area contributed by atoms with Gasteiger partial charge < -0.3 is 10.4 Å². The van der Waals surface area contributed by atoms with Gasteiger partial charge in [0.1, 0.15) is 11.4 Å². The van der Waals surface area contributed by atoms with Crippen molar-refractivity contribution in [3.8, 4) is 5.75 Å². The van der Waals surface area contributed by atoms with Crippen LogP contribution in [0.25, 0.3) is 0 Å². The van der Waals surface area contributed by atoms with Gasteiger partial charge in [-0.05, 0) is 31.5 Å². The van der Waals surface area contributed by atoms with Crippen molar-refractivity contribution >= 4 is 11.5 Å². The van der Waals surface area contributed by atoms with E-state index in [0.29, 0.717) is 17.2 Å². The van der Waals surface area contributed by atoms with E-state index in [1.54, 1.807) is 19.1 Å². The standard InChI is InChI=1S/C11H12N4O2/c1-6-3-4-8(9(16)5-6)12-10-7(2)14-15-11(17)13-10/h3-5,16H,1-2H3,(H2,12,13,15,17). The summed E-state index contributed by atoms with van der Waals surface area (Å²) in [6.45, 7) is 3.58. The van der Waals surface area contributed by atoms with E-state index in [4.69, 9.17) is 0 Å². The van der Waals surface area contributed by atoms with Crippen LogP contribution in [0.3, 0.4) is 0 Å². The minimum Gasteiger partial charge on any atom is -0.506 e. The number of phenolic OH excluding ortho intramolecular Hbond substituents is 1. The minimum absolute atomic E-state index is 0.103. The van der Waals surface area contributed by atoms with Crippen molar-refractivity contribution in [2.45, 2.75) is 13.8 Å². The van der Waals surface area contributed by atoms with Gasteiger partial charge in [0.25, 0.3) is 0 Å². The van der Waals surface area contributed by atoms with Gasteiger partial charge in [-0.3, -0.25) is 0 Å². The zero-order valence-corrected chi connectivity index (χ0v) is 9.48. The molecule has 1 heterocycles. The highest BCUT2D eigenvalue weighted by Gasteiger charge is 2.06. The van der Waals surface area contributed by atoms with Gasteiger partial charge in [-0.1, -0.05) is 6.07 Å². The van der Waals surface area contributed by atoms with Gasteiger partial charge in [0.05, 0.1) is 5.69 Å². The molecule has 0 spiro atoms. The average Bonchev–Trinajstić information content (AvgIpc) is 2.27. The summed E-state index contributed by atoms with van der Waals surface area (Å²) in [7, 11) is 0. The lowest BCUT2D eigenvalue weighted by Gasteiger charge is -2.08. The number of hydrogen-bond acceptors (Lipinski definition) is 5. The second kappa shape index (κ2) is 4.25. The quantitative estimate of drug-likeness (QED) is 0.677. The van der Waals surface area contributed by atoms with Crippen LogP contribution in [0.2, 0.25) is 0 Å². The van der Waals surface area contributed by atoms with E-state index in [1.165, 1.54) is 0 Å². The monoisotopic (exact) mass is 232 g/mol. The number of nitrogens with zero attached hydrogens (tertiary/aromatic N) is 2. The number of anilines is 2. The number of nitrogens with one attached hydrogen (secondary N) is 2. The van der Waals surface area contributed by atoms with Crippen molar-refractivity contribution in [2.24, 2.45) is 0 Å². The molecule has 0 amide bonds. The summed E-state index contributed by atoms with van der Waals surface area (Å²) in [5, 5.41) is 18.6. The molecule has 0 unspecified atom stereocenters. The lowest BCUT2D eigenvalue weighted by atomic mass is 10.2. The summed E-state index contributed by atoms with van der Waals surface area (Å²) < 4.78 is 0. The maximum absolute atomic E-state index is 11.0. The number of aromatic amines is 1. The summed E-state index contributed by atoms with van der Waals surface area (Å²) in [6, 6.07) is 5.18. The summed E-state index contributed by atoms with van der Waals surface area (Å²) in [4.78, 5) is 14.8. The fraction of sp³-hybridized carbons (Fsp3) is 0.182. The predicted octanol–water partition coefficient (Wildman–Crippen LogP) is 1.23. The van der Waals surface area contributed by atoms with E-state index < -0.39 is 5.69 Å². The molecule has 2 rings (SSSR count). The zero-order chi connectivity index (χ0) is 12.4. The maximum atomic E-state index is 11.0. The SMILES string of the molecule is Cc1ccc(Nc2nc(=O)[nH]nc2C)c(O)c1. The first-order valence-corrected chi connectivity index (χ1v) is 5.06. The molecule has 0 aliphatic carbocycles. The third-order valence-electron chi connectivity index (χ3n) is 2.28. The largest absolute Gasteiger partial charge is 0.506 e. The Balaban J connectivity index is 2.37. The van der Waals surface area contributed by atoms with Crippen LogP contribution in [0, 0.1) is 13.8 Å². The van der Waals surface area contributed by atoms with Crippen LogP contribution in [0.15, 0.2) is 23.0 Å². The van der Waals surface area contributed by atoms with E-state index in [9.17, 15) is 9.90 Å². The van der Waals surface area contributed by atoms with Gasteiger partial charge in [0.15, 0.2) is 5.82 Å². The van der Waals surface area contributed by atoms with Gasteiger partial charge in [0.2, 0.25) is 0 Å². The van der Waals surface area contributed by atoms with Crippen molar-refractivity contribution in [3.05, 3.63) is 39.9 Å². The smallest absolute Gasteiger partial charge is 0.363 e. The van der Waals surface area contributed by atoms with Gasteiger partial charge in [-0.15, -0.1) is 0 Å². The fourth-order valence-electron chi connectivity index (χ4n) is 1.39. The molecule has 3 N–H and O–H groups in total. The van der Waals surface area contributed by atoms with Gasteiger partial charge in [-0.25, -0.2) is 9.89 Å². The average molecular weight is 232 g/mol. The minimum atomic E-state index is -0.537. The highest BCUT2D eigenvalue weighted by atomic mass is 16.3. The number of aryl methyl sites for hydroxylation is 2. The molecule has 0 saturated heterocycles. The Hall–Kier alpha value is -2.37. The lowest BCUT2D eigenvalue weighted by Crippen LogP contribution is -2.15. The summed E-state index contributed by atoms with van der Waals surface area (Å²) in [5.41, 5.74) is 1.44. The first kappa shape index (κ1) is 11.1. The third-order valence-corrected chi connectivity index (χ3v) is 2.28. The van der Waals surface area contributed by atoms with Crippen LogP contribution in [0.4, 0.5) is 11.5 Å². The van der Waals surface area contributed by atoms with E-state index in [2.05, 4.69) is 20.5 Å². The number of hydrogen-bond donors (Lipinski definition) is 3. The van der Waals surface area contributed by atoms with Crippen molar-refractivity contribution in [2.75, 3.05) is 5.32 Å². The molecule has 0 bridgehead atoms. The van der Waals surface area contributed by atoms with Crippen LogP contribution < -0.4 is 11.0 Å². The molecule has 0 aliphatic heterocycles. The molecule has 2 aromatic rings. The number of aromatic hydroxyl groups is 1. The predicted molar refractivity (Wildman–Crippen MR) is 63.5 cm³/mol. The van der Waals surface area contributed by atoms with Crippen LogP contribution >= 0.6 is 0 Å². The highest BCUT2D eigenvalue weighted by molar-refractivity contribution is 5.64. The molecule has 6 heteroatoms.